The summed E-state index contributed by atoms with van der Waals surface area (Å²) in [5, 5.41) is 9.76. The highest BCUT2D eigenvalue weighted by Crippen LogP contribution is 2.34. The van der Waals surface area contributed by atoms with Crippen molar-refractivity contribution in [2.75, 3.05) is 0 Å². The van der Waals surface area contributed by atoms with Gasteiger partial charge in [-0.2, -0.15) is 0 Å². The quantitative estimate of drug-likeness (QED) is 0.762. The fourth-order valence-electron chi connectivity index (χ4n) is 2.41. The van der Waals surface area contributed by atoms with Crippen LogP contribution in [0.3, 0.4) is 0 Å². The highest BCUT2D eigenvalue weighted by atomic mass is 79.9. The molecule has 0 unspecified atom stereocenters. The fraction of sp³-hybridized carbons (Fsp3) is 0.214. The number of halogens is 2. The zero-order chi connectivity index (χ0) is 12.7. The molecular weight excluding hydrogens is 358 g/mol. The third-order valence-corrected chi connectivity index (χ3v) is 4.67. The van der Waals surface area contributed by atoms with Crippen LogP contribution in [0.15, 0.2) is 33.3 Å². The molecule has 1 aromatic carbocycles. The van der Waals surface area contributed by atoms with E-state index in [9.17, 15) is 5.11 Å². The van der Waals surface area contributed by atoms with Gasteiger partial charge in [-0.15, -0.1) is 0 Å². The van der Waals surface area contributed by atoms with E-state index in [-0.39, 0.29) is 0 Å². The van der Waals surface area contributed by atoms with Crippen LogP contribution in [-0.4, -0.2) is 10.1 Å². The summed E-state index contributed by atoms with van der Waals surface area (Å²) in [6.07, 6.45) is 4.56. The molecule has 3 rings (SSSR count). The summed E-state index contributed by atoms with van der Waals surface area (Å²) in [6, 6.07) is 5.88. The summed E-state index contributed by atoms with van der Waals surface area (Å²) in [6.45, 7) is 0. The monoisotopic (exact) mass is 367 g/mol. The number of fused-ring (bicyclic) bond motifs is 2. The Morgan fingerprint density at radius 1 is 1.11 bits per heavy atom. The summed E-state index contributed by atoms with van der Waals surface area (Å²) in [4.78, 5) is 4.51. The third kappa shape index (κ3) is 2.08. The van der Waals surface area contributed by atoms with E-state index in [1.807, 2.05) is 12.3 Å². The average molecular weight is 369 g/mol. The van der Waals surface area contributed by atoms with Crippen LogP contribution < -0.4 is 0 Å². The number of aryl methyl sites for hydroxylation is 1. The number of pyridine rings is 1. The zero-order valence-corrected chi connectivity index (χ0v) is 12.8. The van der Waals surface area contributed by atoms with Crippen LogP contribution in [0.5, 0.6) is 5.75 Å². The molecule has 0 atom stereocenters. The number of benzene rings is 1. The Labute approximate surface area is 122 Å². The van der Waals surface area contributed by atoms with E-state index in [2.05, 4.69) is 42.9 Å². The van der Waals surface area contributed by atoms with Gasteiger partial charge in [-0.25, -0.2) is 0 Å². The number of aromatic hydroxyl groups is 1. The number of nitrogens with zero attached hydrogens (tertiary/aromatic N) is 1. The molecule has 2 nitrogen and oxygen atoms in total. The summed E-state index contributed by atoms with van der Waals surface area (Å²) in [5.74, 6) is 0.314. The van der Waals surface area contributed by atoms with Crippen LogP contribution in [0.25, 0.3) is 0 Å². The molecule has 92 valence electrons. The Bertz CT molecular complexity index is 625. The molecule has 0 radical (unpaired) electrons. The minimum absolute atomic E-state index is 0.314. The molecule has 2 aromatic rings. The first-order valence-electron chi connectivity index (χ1n) is 5.77. The number of phenols is 1. The van der Waals surface area contributed by atoms with Crippen LogP contribution in [0, 0.1) is 0 Å². The molecule has 0 spiro atoms. The molecule has 0 saturated carbocycles. The Kier molecular flexibility index (Phi) is 3.16. The van der Waals surface area contributed by atoms with Crippen molar-refractivity contribution >= 4 is 31.9 Å². The van der Waals surface area contributed by atoms with Gasteiger partial charge in [0.2, 0.25) is 0 Å². The summed E-state index contributed by atoms with van der Waals surface area (Å²) in [5.41, 5.74) is 4.86. The minimum atomic E-state index is 0.314. The molecule has 18 heavy (non-hydrogen) atoms. The van der Waals surface area contributed by atoms with Crippen molar-refractivity contribution in [1.82, 2.24) is 4.98 Å². The predicted molar refractivity (Wildman–Crippen MR) is 78.0 cm³/mol. The number of hydrogen-bond donors (Lipinski definition) is 1. The number of hydrogen-bond acceptors (Lipinski definition) is 2. The van der Waals surface area contributed by atoms with Crippen LogP contribution in [0.2, 0.25) is 0 Å². The van der Waals surface area contributed by atoms with Gasteiger partial charge in [0.25, 0.3) is 0 Å². The highest BCUT2D eigenvalue weighted by molar-refractivity contribution is 9.10. The van der Waals surface area contributed by atoms with Gasteiger partial charge in [0.15, 0.2) is 0 Å². The largest absolute Gasteiger partial charge is 0.507 e. The van der Waals surface area contributed by atoms with Crippen molar-refractivity contribution in [2.24, 2.45) is 0 Å². The minimum Gasteiger partial charge on any atom is -0.507 e. The van der Waals surface area contributed by atoms with Gasteiger partial charge in [0.1, 0.15) is 5.75 Å². The van der Waals surface area contributed by atoms with E-state index in [4.69, 9.17) is 0 Å². The van der Waals surface area contributed by atoms with Crippen LogP contribution in [0.1, 0.15) is 22.4 Å². The first-order chi connectivity index (χ1) is 8.65. The summed E-state index contributed by atoms with van der Waals surface area (Å²) < 4.78 is 1.85. The predicted octanol–water partition coefficient (Wildman–Crippen LogP) is 4.00. The molecule has 0 amide bonds. The zero-order valence-electron chi connectivity index (χ0n) is 9.58. The Hall–Kier alpha value is -0.870. The second-order valence-electron chi connectivity index (χ2n) is 4.47. The maximum atomic E-state index is 9.76. The maximum Gasteiger partial charge on any atom is 0.130 e. The molecule has 0 saturated heterocycles. The van der Waals surface area contributed by atoms with Crippen molar-refractivity contribution in [2.45, 2.75) is 19.3 Å². The molecule has 1 heterocycles. The molecule has 1 aliphatic carbocycles. The van der Waals surface area contributed by atoms with Crippen LogP contribution in [0.4, 0.5) is 0 Å². The lowest BCUT2D eigenvalue weighted by molar-refractivity contribution is 0.470. The van der Waals surface area contributed by atoms with Gasteiger partial charge >= 0.3 is 0 Å². The topological polar surface area (TPSA) is 33.1 Å². The SMILES string of the molecule is Oc1ccc2c(c1Br)CCc1cc(Br)cnc1C2. The fourth-order valence-corrected chi connectivity index (χ4v) is 3.37. The molecule has 0 bridgehead atoms. The lowest BCUT2D eigenvalue weighted by Crippen LogP contribution is -1.96. The molecule has 1 N–H and O–H groups in total. The third-order valence-electron chi connectivity index (χ3n) is 3.35. The van der Waals surface area contributed by atoms with Gasteiger partial charge < -0.3 is 5.11 Å². The van der Waals surface area contributed by atoms with Crippen molar-refractivity contribution in [3.05, 3.63) is 55.7 Å². The van der Waals surface area contributed by atoms with Crippen molar-refractivity contribution < 1.29 is 5.11 Å². The lowest BCUT2D eigenvalue weighted by atomic mass is 10.0. The Morgan fingerprint density at radius 3 is 2.78 bits per heavy atom. The second kappa shape index (κ2) is 4.67. The summed E-state index contributed by atoms with van der Waals surface area (Å²) in [7, 11) is 0. The van der Waals surface area contributed by atoms with E-state index < -0.39 is 0 Å². The van der Waals surface area contributed by atoms with E-state index in [0.29, 0.717) is 5.75 Å². The van der Waals surface area contributed by atoms with Gasteiger partial charge in [0, 0.05) is 22.8 Å². The maximum absolute atomic E-state index is 9.76. The van der Waals surface area contributed by atoms with Gasteiger partial charge in [0.05, 0.1) is 4.47 Å². The normalized spacial score (nSPS) is 13.7. The van der Waals surface area contributed by atoms with Crippen molar-refractivity contribution in [3.63, 3.8) is 0 Å². The standard InChI is InChI=1S/C14H11Br2NO/c15-10-5-9-1-3-11-8(6-12(9)17-7-10)2-4-13(18)14(11)16/h2,4-5,7,18H,1,3,6H2. The van der Waals surface area contributed by atoms with E-state index in [0.717, 1.165) is 33.9 Å². The van der Waals surface area contributed by atoms with Crippen molar-refractivity contribution in [1.29, 1.82) is 0 Å². The number of aromatic nitrogens is 1. The van der Waals surface area contributed by atoms with Gasteiger partial charge in [-0.1, -0.05) is 6.07 Å². The Balaban J connectivity index is 2.11. The van der Waals surface area contributed by atoms with E-state index in [1.165, 1.54) is 16.7 Å². The smallest absolute Gasteiger partial charge is 0.130 e. The van der Waals surface area contributed by atoms with Gasteiger partial charge in [-0.3, -0.25) is 4.98 Å². The number of rotatable bonds is 0. The molecule has 0 aliphatic heterocycles. The van der Waals surface area contributed by atoms with Crippen LogP contribution in [-0.2, 0) is 19.3 Å². The molecule has 4 heteroatoms. The molecule has 0 fully saturated rings. The van der Waals surface area contributed by atoms with Crippen LogP contribution >= 0.6 is 31.9 Å². The first-order valence-corrected chi connectivity index (χ1v) is 7.36. The molecular formula is C14H11Br2NO. The van der Waals surface area contributed by atoms with E-state index in [1.54, 1.807) is 6.07 Å². The first kappa shape index (κ1) is 12.2. The molecule has 1 aliphatic rings. The second-order valence-corrected chi connectivity index (χ2v) is 6.18. The highest BCUT2D eigenvalue weighted by Gasteiger charge is 2.18. The van der Waals surface area contributed by atoms with Crippen molar-refractivity contribution in [3.8, 4) is 5.75 Å². The summed E-state index contributed by atoms with van der Waals surface area (Å²) >= 11 is 6.95. The Morgan fingerprint density at radius 2 is 1.94 bits per heavy atom. The molecule has 1 aromatic heterocycles. The van der Waals surface area contributed by atoms with Gasteiger partial charge in [-0.05, 0) is 73.5 Å². The lowest BCUT2D eigenvalue weighted by Gasteiger charge is -2.09. The average Bonchev–Trinajstić information content (AvgIpc) is 2.53. The number of phenolic OH excluding ortho intramolecular Hbond substituents is 1. The van der Waals surface area contributed by atoms with E-state index >= 15 is 0 Å².